The van der Waals surface area contributed by atoms with Crippen molar-refractivity contribution in [2.24, 2.45) is 0 Å². The average Bonchev–Trinajstić information content (AvgIpc) is 2.82. The number of benzene rings is 1. The standard InChI is InChI=1S/C15H20BrNO/c1-4-17-11-8-15(2,3)13-12(11)10(16)7-9-5-6-18-14(9)13/h7,11,17H,4-6,8H2,1-3H3. The van der Waals surface area contributed by atoms with Gasteiger partial charge >= 0.3 is 0 Å². The van der Waals surface area contributed by atoms with Crippen LogP contribution in [0.4, 0.5) is 0 Å². The van der Waals surface area contributed by atoms with E-state index < -0.39 is 0 Å². The summed E-state index contributed by atoms with van der Waals surface area (Å²) in [5, 5.41) is 3.60. The van der Waals surface area contributed by atoms with Crippen LogP contribution in [0.3, 0.4) is 0 Å². The molecule has 1 heterocycles. The summed E-state index contributed by atoms with van der Waals surface area (Å²) in [6.45, 7) is 8.67. The Hall–Kier alpha value is -0.540. The summed E-state index contributed by atoms with van der Waals surface area (Å²) in [5.41, 5.74) is 4.41. The number of nitrogens with one attached hydrogen (secondary N) is 1. The van der Waals surface area contributed by atoms with Crippen LogP contribution in [0.5, 0.6) is 5.75 Å². The molecule has 0 saturated heterocycles. The van der Waals surface area contributed by atoms with Crippen molar-refractivity contribution < 1.29 is 4.74 Å². The molecule has 1 aliphatic carbocycles. The molecule has 1 unspecified atom stereocenters. The Morgan fingerprint density at radius 3 is 3.00 bits per heavy atom. The summed E-state index contributed by atoms with van der Waals surface area (Å²) < 4.78 is 7.16. The number of hydrogen-bond donors (Lipinski definition) is 1. The molecular formula is C15H20BrNO. The van der Waals surface area contributed by atoms with Crippen LogP contribution in [0.2, 0.25) is 0 Å². The monoisotopic (exact) mass is 309 g/mol. The van der Waals surface area contributed by atoms with Crippen molar-refractivity contribution in [3.8, 4) is 5.75 Å². The SMILES string of the molecule is CCNC1CC(C)(C)c2c3c(cc(Br)c21)CCO3. The Bertz CT molecular complexity index is 496. The molecular weight excluding hydrogens is 290 g/mol. The minimum atomic E-state index is 0.195. The molecule has 98 valence electrons. The molecule has 0 saturated carbocycles. The zero-order chi connectivity index (χ0) is 12.9. The van der Waals surface area contributed by atoms with E-state index in [1.807, 2.05) is 0 Å². The molecule has 2 nitrogen and oxygen atoms in total. The van der Waals surface area contributed by atoms with E-state index in [4.69, 9.17) is 4.74 Å². The van der Waals surface area contributed by atoms with Crippen molar-refractivity contribution in [2.75, 3.05) is 13.2 Å². The fourth-order valence-corrected chi connectivity index (χ4v) is 4.21. The van der Waals surface area contributed by atoms with E-state index in [9.17, 15) is 0 Å². The highest BCUT2D eigenvalue weighted by molar-refractivity contribution is 9.10. The van der Waals surface area contributed by atoms with Gasteiger partial charge in [0, 0.05) is 22.5 Å². The quantitative estimate of drug-likeness (QED) is 0.899. The number of ether oxygens (including phenoxy) is 1. The van der Waals surface area contributed by atoms with Crippen LogP contribution in [0.1, 0.15) is 49.9 Å². The van der Waals surface area contributed by atoms with Gasteiger partial charge in [0.05, 0.1) is 6.61 Å². The van der Waals surface area contributed by atoms with E-state index >= 15 is 0 Å². The van der Waals surface area contributed by atoms with Crippen molar-refractivity contribution >= 4 is 15.9 Å². The first kappa shape index (κ1) is 12.5. The number of fused-ring (bicyclic) bond motifs is 3. The summed E-state index contributed by atoms with van der Waals surface area (Å²) in [6, 6.07) is 2.70. The molecule has 0 spiro atoms. The molecule has 1 aliphatic heterocycles. The van der Waals surface area contributed by atoms with Gasteiger partial charge in [-0.25, -0.2) is 0 Å². The Morgan fingerprint density at radius 2 is 2.28 bits per heavy atom. The third kappa shape index (κ3) is 1.71. The van der Waals surface area contributed by atoms with Crippen LogP contribution in [-0.4, -0.2) is 13.2 Å². The van der Waals surface area contributed by atoms with Gasteiger partial charge in [0.1, 0.15) is 5.75 Å². The number of rotatable bonds is 2. The maximum absolute atomic E-state index is 5.91. The van der Waals surface area contributed by atoms with E-state index in [1.165, 1.54) is 26.9 Å². The smallest absolute Gasteiger partial charge is 0.126 e. The molecule has 3 rings (SSSR count). The second kappa shape index (κ2) is 4.24. The molecule has 1 aromatic carbocycles. The van der Waals surface area contributed by atoms with Crippen molar-refractivity contribution in [3.63, 3.8) is 0 Å². The van der Waals surface area contributed by atoms with Crippen molar-refractivity contribution in [1.29, 1.82) is 0 Å². The fraction of sp³-hybridized carbons (Fsp3) is 0.600. The molecule has 3 heteroatoms. The van der Waals surface area contributed by atoms with E-state index in [-0.39, 0.29) is 5.41 Å². The summed E-state index contributed by atoms with van der Waals surface area (Å²) in [7, 11) is 0. The first-order valence-electron chi connectivity index (χ1n) is 6.76. The predicted octanol–water partition coefficient (Wildman–Crippen LogP) is 3.72. The summed E-state index contributed by atoms with van der Waals surface area (Å²) >= 11 is 3.77. The minimum absolute atomic E-state index is 0.195. The first-order valence-corrected chi connectivity index (χ1v) is 7.56. The van der Waals surface area contributed by atoms with Crippen LogP contribution in [0.25, 0.3) is 0 Å². The maximum atomic E-state index is 5.91. The second-order valence-corrected chi connectivity index (χ2v) is 6.79. The molecule has 1 aromatic rings. The van der Waals surface area contributed by atoms with Gasteiger partial charge in [0.15, 0.2) is 0 Å². The largest absolute Gasteiger partial charge is 0.493 e. The van der Waals surface area contributed by atoms with E-state index in [0.29, 0.717) is 6.04 Å². The summed E-state index contributed by atoms with van der Waals surface area (Å²) in [6.07, 6.45) is 2.19. The molecule has 1 N–H and O–H groups in total. The molecule has 2 aliphatic rings. The van der Waals surface area contributed by atoms with Gasteiger partial charge in [-0.1, -0.05) is 36.7 Å². The Kier molecular flexibility index (Phi) is 2.94. The van der Waals surface area contributed by atoms with Crippen LogP contribution in [0, 0.1) is 0 Å². The predicted molar refractivity (Wildman–Crippen MR) is 77.4 cm³/mol. The van der Waals surface area contributed by atoms with E-state index in [1.54, 1.807) is 0 Å². The van der Waals surface area contributed by atoms with Gasteiger partial charge in [0.25, 0.3) is 0 Å². The molecule has 1 atom stereocenters. The van der Waals surface area contributed by atoms with Gasteiger partial charge in [-0.3, -0.25) is 0 Å². The van der Waals surface area contributed by atoms with Crippen molar-refractivity contribution in [3.05, 3.63) is 27.2 Å². The molecule has 0 aromatic heterocycles. The zero-order valence-corrected chi connectivity index (χ0v) is 12.9. The van der Waals surface area contributed by atoms with E-state index in [2.05, 4.69) is 48.1 Å². The average molecular weight is 310 g/mol. The molecule has 0 radical (unpaired) electrons. The summed E-state index contributed by atoms with van der Waals surface area (Å²) in [4.78, 5) is 0. The zero-order valence-electron chi connectivity index (χ0n) is 11.3. The van der Waals surface area contributed by atoms with E-state index in [0.717, 1.165) is 26.0 Å². The van der Waals surface area contributed by atoms with Gasteiger partial charge in [0.2, 0.25) is 0 Å². The van der Waals surface area contributed by atoms with Crippen LogP contribution < -0.4 is 10.1 Å². The Labute approximate surface area is 117 Å². The fourth-order valence-electron chi connectivity index (χ4n) is 3.46. The van der Waals surface area contributed by atoms with Crippen LogP contribution in [-0.2, 0) is 11.8 Å². The minimum Gasteiger partial charge on any atom is -0.493 e. The first-order chi connectivity index (χ1) is 8.54. The normalized spacial score (nSPS) is 23.7. The Balaban J connectivity index is 2.20. The third-order valence-corrected chi connectivity index (χ3v) is 4.81. The molecule has 18 heavy (non-hydrogen) atoms. The lowest BCUT2D eigenvalue weighted by atomic mass is 9.85. The van der Waals surface area contributed by atoms with Crippen LogP contribution >= 0.6 is 15.9 Å². The molecule has 0 fully saturated rings. The maximum Gasteiger partial charge on any atom is 0.126 e. The topological polar surface area (TPSA) is 21.3 Å². The number of halogens is 1. The van der Waals surface area contributed by atoms with Gasteiger partial charge in [-0.15, -0.1) is 0 Å². The number of hydrogen-bond acceptors (Lipinski definition) is 2. The highest BCUT2D eigenvalue weighted by atomic mass is 79.9. The molecule has 0 bridgehead atoms. The lowest BCUT2D eigenvalue weighted by Gasteiger charge is -2.21. The lowest BCUT2D eigenvalue weighted by Crippen LogP contribution is -2.21. The van der Waals surface area contributed by atoms with Gasteiger partial charge in [-0.05, 0) is 35.6 Å². The summed E-state index contributed by atoms with van der Waals surface area (Å²) in [5.74, 6) is 1.17. The highest BCUT2D eigenvalue weighted by Gasteiger charge is 2.42. The highest BCUT2D eigenvalue weighted by Crippen LogP contribution is 2.53. The third-order valence-electron chi connectivity index (χ3n) is 4.15. The van der Waals surface area contributed by atoms with Crippen molar-refractivity contribution in [1.82, 2.24) is 5.32 Å². The van der Waals surface area contributed by atoms with Gasteiger partial charge in [-0.2, -0.15) is 0 Å². The second-order valence-electron chi connectivity index (χ2n) is 5.93. The lowest BCUT2D eigenvalue weighted by molar-refractivity contribution is 0.344. The van der Waals surface area contributed by atoms with Crippen molar-refractivity contribution in [2.45, 2.75) is 45.1 Å². The van der Waals surface area contributed by atoms with Gasteiger partial charge < -0.3 is 10.1 Å². The Morgan fingerprint density at radius 1 is 1.50 bits per heavy atom. The molecule has 0 amide bonds. The van der Waals surface area contributed by atoms with Crippen LogP contribution in [0.15, 0.2) is 10.5 Å².